The van der Waals surface area contributed by atoms with Gasteiger partial charge < -0.3 is 4.18 Å². The van der Waals surface area contributed by atoms with Crippen LogP contribution in [0, 0.1) is 6.92 Å². The molecule has 0 radical (unpaired) electrons. The molecule has 0 aliphatic carbocycles. The Balaban J connectivity index is 0. The highest BCUT2D eigenvalue weighted by molar-refractivity contribution is 8.00. The molecule has 1 rings (SSSR count). The highest BCUT2D eigenvalue weighted by Gasteiger charge is 2.30. The van der Waals surface area contributed by atoms with Crippen LogP contribution < -0.4 is 0 Å². The van der Waals surface area contributed by atoms with E-state index in [1.165, 1.54) is 50.6 Å². The van der Waals surface area contributed by atoms with Crippen LogP contribution in [0.4, 0.5) is 13.2 Å². The van der Waals surface area contributed by atoms with Crippen LogP contribution in [0.25, 0.3) is 0 Å². The Hall–Kier alpha value is -0.330. The van der Waals surface area contributed by atoms with Crippen molar-refractivity contribution in [2.24, 2.45) is 0 Å². The van der Waals surface area contributed by atoms with E-state index in [4.69, 9.17) is 4.18 Å². The highest BCUT2D eigenvalue weighted by Crippen LogP contribution is 2.33. The lowest BCUT2D eigenvalue weighted by Crippen LogP contribution is -2.16. The number of hydrogen-bond donors (Lipinski definition) is 0. The van der Waals surface area contributed by atoms with Gasteiger partial charge >= 0.3 is 5.51 Å². The molecule has 0 aliphatic heterocycles. The van der Waals surface area contributed by atoms with E-state index in [2.05, 4.69) is 20.8 Å². The number of benzene rings is 1. The summed E-state index contributed by atoms with van der Waals surface area (Å²) in [6.07, 6.45) is 11.0. The SMILES string of the molecule is CC.CCC.CCCCCCCCCCC(CSC(F)(F)F)OSc1ccc(C)cc1. The summed E-state index contributed by atoms with van der Waals surface area (Å²) >= 11 is 1.20. The number of hydrogen-bond acceptors (Lipinski definition) is 3. The Morgan fingerprint density at radius 2 is 1.32 bits per heavy atom. The molecule has 1 aromatic carbocycles. The maximum atomic E-state index is 12.5. The molecule has 0 fully saturated rings. The number of alkyl halides is 3. The van der Waals surface area contributed by atoms with E-state index in [0.717, 1.165) is 29.7 Å². The van der Waals surface area contributed by atoms with Gasteiger partial charge in [0.05, 0.1) is 6.10 Å². The van der Waals surface area contributed by atoms with Crippen LogP contribution in [0.15, 0.2) is 29.2 Å². The van der Waals surface area contributed by atoms with Gasteiger partial charge in [0.25, 0.3) is 0 Å². The molecule has 0 saturated carbocycles. The minimum absolute atomic E-state index is 0.0183. The van der Waals surface area contributed by atoms with E-state index >= 15 is 0 Å². The van der Waals surface area contributed by atoms with Crippen molar-refractivity contribution in [1.29, 1.82) is 0 Å². The van der Waals surface area contributed by atoms with Crippen molar-refractivity contribution in [3.8, 4) is 0 Å². The third kappa shape index (κ3) is 24.1. The normalized spacial score (nSPS) is 11.8. The fourth-order valence-electron chi connectivity index (χ4n) is 2.57. The summed E-state index contributed by atoms with van der Waals surface area (Å²) in [5.41, 5.74) is -3.05. The van der Waals surface area contributed by atoms with Crippen LogP contribution in [0.3, 0.4) is 0 Å². The summed E-state index contributed by atoms with van der Waals surface area (Å²) in [5.74, 6) is -0.0428. The molecule has 31 heavy (non-hydrogen) atoms. The summed E-state index contributed by atoms with van der Waals surface area (Å²) in [5, 5.41) is 0. The van der Waals surface area contributed by atoms with Gasteiger partial charge in [0.1, 0.15) is 0 Å². The molecule has 184 valence electrons. The van der Waals surface area contributed by atoms with Gasteiger partial charge in [-0.15, -0.1) is 0 Å². The van der Waals surface area contributed by atoms with Crippen molar-refractivity contribution in [2.75, 3.05) is 5.75 Å². The topological polar surface area (TPSA) is 9.23 Å². The largest absolute Gasteiger partial charge is 0.441 e. The zero-order valence-electron chi connectivity index (χ0n) is 20.5. The fourth-order valence-corrected chi connectivity index (χ4v) is 3.92. The van der Waals surface area contributed by atoms with Gasteiger partial charge in [-0.25, -0.2) is 0 Å². The summed E-state index contributed by atoms with van der Waals surface area (Å²) in [7, 11) is 0. The predicted molar refractivity (Wildman–Crippen MR) is 135 cm³/mol. The molecule has 0 bridgehead atoms. The lowest BCUT2D eigenvalue weighted by molar-refractivity contribution is -0.0332. The molecule has 0 heterocycles. The Kier molecular flexibility index (Phi) is 24.2. The van der Waals surface area contributed by atoms with Crippen LogP contribution in [0.2, 0.25) is 0 Å². The van der Waals surface area contributed by atoms with E-state index in [1.54, 1.807) is 0 Å². The first-order chi connectivity index (χ1) is 14.8. The number of aryl methyl sites for hydroxylation is 1. The average Bonchev–Trinajstić information content (AvgIpc) is 2.74. The average molecular weight is 483 g/mol. The number of thioether (sulfide) groups is 1. The molecule has 0 spiro atoms. The first kappa shape index (κ1) is 32.8. The van der Waals surface area contributed by atoms with Gasteiger partial charge in [-0.2, -0.15) is 13.2 Å². The summed E-state index contributed by atoms with van der Waals surface area (Å²) < 4.78 is 43.3. The standard InChI is InChI=1S/C20H31F3OS2.C3H8.C2H6/c1-3-4-5-6-7-8-9-10-11-18(16-25-20(21,22)23)24-26-19-14-12-17(2)13-15-19;1-3-2;1-2/h12-15,18H,3-11,16H2,1-2H3;3H2,1-2H3;1-2H3. The van der Waals surface area contributed by atoms with Gasteiger partial charge in [-0.05, 0) is 37.2 Å². The van der Waals surface area contributed by atoms with Gasteiger partial charge in [0.15, 0.2) is 0 Å². The number of unbranched alkanes of at least 4 members (excludes halogenated alkanes) is 7. The summed E-state index contributed by atoms with van der Waals surface area (Å²) in [6, 6.07) is 7.82. The third-order valence-corrected chi connectivity index (χ3v) is 5.81. The van der Waals surface area contributed by atoms with E-state index in [0.29, 0.717) is 6.42 Å². The van der Waals surface area contributed by atoms with Crippen molar-refractivity contribution < 1.29 is 17.4 Å². The second kappa shape index (κ2) is 22.8. The molecule has 0 amide bonds. The van der Waals surface area contributed by atoms with E-state index in [9.17, 15) is 13.2 Å². The van der Waals surface area contributed by atoms with Crippen LogP contribution >= 0.6 is 23.8 Å². The van der Waals surface area contributed by atoms with Crippen molar-refractivity contribution in [2.45, 2.75) is 122 Å². The van der Waals surface area contributed by atoms with Crippen LogP contribution in [0.1, 0.15) is 104 Å². The molecule has 0 aromatic heterocycles. The van der Waals surface area contributed by atoms with E-state index in [-0.39, 0.29) is 23.6 Å². The van der Waals surface area contributed by atoms with Gasteiger partial charge in [0, 0.05) is 22.7 Å². The Morgan fingerprint density at radius 3 is 1.81 bits per heavy atom. The maximum absolute atomic E-state index is 12.5. The zero-order valence-corrected chi connectivity index (χ0v) is 22.2. The van der Waals surface area contributed by atoms with E-state index < -0.39 is 5.51 Å². The van der Waals surface area contributed by atoms with Gasteiger partial charge in [-0.3, -0.25) is 0 Å². The first-order valence-corrected chi connectivity index (χ1v) is 13.7. The molecule has 0 saturated heterocycles. The minimum Gasteiger partial charge on any atom is -0.306 e. The molecule has 0 N–H and O–H groups in total. The summed E-state index contributed by atoms with van der Waals surface area (Å²) in [4.78, 5) is 0.925. The molecule has 6 heteroatoms. The van der Waals surface area contributed by atoms with Crippen molar-refractivity contribution >= 4 is 23.8 Å². The van der Waals surface area contributed by atoms with Crippen molar-refractivity contribution in [3.05, 3.63) is 29.8 Å². The smallest absolute Gasteiger partial charge is 0.306 e. The highest BCUT2D eigenvalue weighted by atomic mass is 32.2. The van der Waals surface area contributed by atoms with Crippen LogP contribution in [0.5, 0.6) is 0 Å². The second-order valence-electron chi connectivity index (χ2n) is 7.34. The second-order valence-corrected chi connectivity index (χ2v) is 9.26. The van der Waals surface area contributed by atoms with Crippen LogP contribution in [-0.2, 0) is 4.18 Å². The Morgan fingerprint density at radius 1 is 0.839 bits per heavy atom. The molecular formula is C25H45F3OS2. The van der Waals surface area contributed by atoms with E-state index in [1.807, 2.05) is 45.0 Å². The zero-order chi connectivity index (χ0) is 24.0. The Labute approximate surface area is 198 Å². The van der Waals surface area contributed by atoms with Crippen molar-refractivity contribution in [3.63, 3.8) is 0 Å². The molecule has 1 aromatic rings. The molecule has 0 aliphatic rings. The molecular weight excluding hydrogens is 437 g/mol. The first-order valence-electron chi connectivity index (χ1n) is 11.9. The molecule has 1 nitrogen and oxygen atoms in total. The fraction of sp³-hybridized carbons (Fsp3) is 0.760. The summed E-state index contributed by atoms with van der Waals surface area (Å²) in [6.45, 7) is 12.5. The third-order valence-electron chi connectivity index (χ3n) is 4.11. The predicted octanol–water partition coefficient (Wildman–Crippen LogP) is 10.6. The number of rotatable bonds is 14. The van der Waals surface area contributed by atoms with Crippen molar-refractivity contribution in [1.82, 2.24) is 0 Å². The lowest BCUT2D eigenvalue weighted by atomic mass is 10.1. The Bertz CT molecular complexity index is 479. The quantitative estimate of drug-likeness (QED) is 0.193. The van der Waals surface area contributed by atoms with Gasteiger partial charge in [-0.1, -0.05) is 110 Å². The minimum atomic E-state index is -4.20. The molecule has 1 unspecified atom stereocenters. The lowest BCUT2D eigenvalue weighted by Gasteiger charge is -2.17. The monoisotopic (exact) mass is 482 g/mol. The molecule has 1 atom stereocenters. The maximum Gasteiger partial charge on any atom is 0.441 e. The van der Waals surface area contributed by atoms with Gasteiger partial charge in [0.2, 0.25) is 0 Å². The van der Waals surface area contributed by atoms with Crippen LogP contribution in [-0.4, -0.2) is 17.4 Å². The number of halogens is 3.